The lowest BCUT2D eigenvalue weighted by molar-refractivity contribution is 0.0849. The molecule has 1 aromatic carbocycles. The maximum absolute atomic E-state index is 11.7. The molecule has 0 aromatic heterocycles. The van der Waals surface area contributed by atoms with Gasteiger partial charge in [0.2, 0.25) is 0 Å². The van der Waals surface area contributed by atoms with Crippen LogP contribution in [0.25, 0.3) is 0 Å². The quantitative estimate of drug-likeness (QED) is 0.676. The van der Waals surface area contributed by atoms with E-state index in [0.717, 1.165) is 16.7 Å². The third kappa shape index (κ3) is 1.53. The normalized spacial score (nSPS) is 20.2. The van der Waals surface area contributed by atoms with Crippen LogP contribution in [-0.4, -0.2) is 22.1 Å². The van der Waals surface area contributed by atoms with Crippen LogP contribution in [0.4, 0.5) is 0 Å². The van der Waals surface area contributed by atoms with Gasteiger partial charge in [-0.3, -0.25) is 4.79 Å². The van der Waals surface area contributed by atoms with Crippen LogP contribution >= 0.6 is 0 Å². The van der Waals surface area contributed by atoms with Gasteiger partial charge in [0.1, 0.15) is 5.75 Å². The maximum atomic E-state index is 11.7. The Hall–Kier alpha value is -1.35. The molecule has 0 aliphatic heterocycles. The third-order valence-electron chi connectivity index (χ3n) is 3.05. The van der Waals surface area contributed by atoms with Crippen molar-refractivity contribution in [1.29, 1.82) is 0 Å². The lowest BCUT2D eigenvalue weighted by Gasteiger charge is -2.22. The Balaban J connectivity index is 2.66. The van der Waals surface area contributed by atoms with Crippen molar-refractivity contribution in [2.24, 2.45) is 0 Å². The molecule has 1 atom stereocenters. The number of aryl methyl sites for hydroxylation is 1. The Bertz CT molecular complexity index is 435. The molecule has 0 spiro atoms. The SMILES string of the molecule is Cc1cc2c(c(O)c1C)C(=O)CC(O)C2. The second-order valence-corrected chi connectivity index (χ2v) is 4.19. The minimum absolute atomic E-state index is 0.0851. The Kier molecular flexibility index (Phi) is 2.27. The van der Waals surface area contributed by atoms with Gasteiger partial charge in [-0.2, -0.15) is 0 Å². The molecule has 1 aromatic rings. The molecule has 0 radical (unpaired) electrons. The van der Waals surface area contributed by atoms with E-state index in [1.54, 1.807) is 6.92 Å². The molecule has 80 valence electrons. The van der Waals surface area contributed by atoms with Gasteiger partial charge >= 0.3 is 0 Å². The number of phenols is 1. The first kappa shape index (κ1) is 10.2. The van der Waals surface area contributed by atoms with Crippen molar-refractivity contribution < 1.29 is 15.0 Å². The summed E-state index contributed by atoms with van der Waals surface area (Å²) in [5.74, 6) is -0.0775. The zero-order valence-corrected chi connectivity index (χ0v) is 8.87. The minimum atomic E-state index is -0.605. The second-order valence-electron chi connectivity index (χ2n) is 4.19. The number of ketones is 1. The predicted molar refractivity (Wildman–Crippen MR) is 56.2 cm³/mol. The number of benzene rings is 1. The first-order valence-electron chi connectivity index (χ1n) is 5.04. The van der Waals surface area contributed by atoms with Crippen LogP contribution in [-0.2, 0) is 6.42 Å². The predicted octanol–water partition coefficient (Wildman–Crippen LogP) is 1.50. The monoisotopic (exact) mass is 206 g/mol. The summed E-state index contributed by atoms with van der Waals surface area (Å²) in [6.07, 6.45) is -0.0368. The molecule has 2 rings (SSSR count). The van der Waals surface area contributed by atoms with Crippen LogP contribution in [0.15, 0.2) is 6.07 Å². The fourth-order valence-corrected chi connectivity index (χ4v) is 2.08. The Morgan fingerprint density at radius 2 is 2.00 bits per heavy atom. The summed E-state index contributed by atoms with van der Waals surface area (Å²) >= 11 is 0. The van der Waals surface area contributed by atoms with Crippen molar-refractivity contribution in [3.8, 4) is 5.75 Å². The first-order valence-corrected chi connectivity index (χ1v) is 5.04. The molecule has 0 bridgehead atoms. The maximum Gasteiger partial charge on any atom is 0.169 e. The summed E-state index contributed by atoms with van der Waals surface area (Å²) in [4.78, 5) is 11.7. The highest BCUT2D eigenvalue weighted by molar-refractivity contribution is 6.01. The van der Waals surface area contributed by atoms with Gasteiger partial charge < -0.3 is 10.2 Å². The molecule has 1 aliphatic carbocycles. The highest BCUT2D eigenvalue weighted by Gasteiger charge is 2.27. The molecule has 0 amide bonds. The van der Waals surface area contributed by atoms with Crippen LogP contribution in [0.5, 0.6) is 5.75 Å². The molecular formula is C12H14O3. The fourth-order valence-electron chi connectivity index (χ4n) is 2.08. The molecule has 1 unspecified atom stereocenters. The van der Waals surface area contributed by atoms with Crippen LogP contribution in [0.3, 0.4) is 0 Å². The number of Topliss-reactive ketones (excluding diaryl/α,β-unsaturated/α-hetero) is 1. The topological polar surface area (TPSA) is 57.5 Å². The van der Waals surface area contributed by atoms with E-state index in [4.69, 9.17) is 0 Å². The van der Waals surface area contributed by atoms with Gasteiger partial charge in [0.05, 0.1) is 11.7 Å². The van der Waals surface area contributed by atoms with Gasteiger partial charge in [0, 0.05) is 6.42 Å². The number of carbonyl (C=O) groups excluding carboxylic acids is 1. The van der Waals surface area contributed by atoms with Gasteiger partial charge in [-0.15, -0.1) is 0 Å². The van der Waals surface area contributed by atoms with Crippen LogP contribution < -0.4 is 0 Å². The summed E-state index contributed by atoms with van der Waals surface area (Å²) < 4.78 is 0. The summed E-state index contributed by atoms with van der Waals surface area (Å²) in [7, 11) is 0. The molecule has 0 heterocycles. The first-order chi connectivity index (χ1) is 7.00. The smallest absolute Gasteiger partial charge is 0.169 e. The molecule has 15 heavy (non-hydrogen) atoms. The zero-order valence-electron chi connectivity index (χ0n) is 8.87. The van der Waals surface area contributed by atoms with Crippen molar-refractivity contribution in [1.82, 2.24) is 0 Å². The standard InChI is InChI=1S/C12H14O3/c1-6-3-8-4-9(13)5-10(14)11(8)12(15)7(6)2/h3,9,13,15H,4-5H2,1-2H3. The van der Waals surface area contributed by atoms with E-state index in [-0.39, 0.29) is 18.0 Å². The second kappa shape index (κ2) is 3.35. The average molecular weight is 206 g/mol. The van der Waals surface area contributed by atoms with E-state index in [2.05, 4.69) is 0 Å². The number of aromatic hydroxyl groups is 1. The Morgan fingerprint density at radius 1 is 1.33 bits per heavy atom. The molecule has 0 saturated heterocycles. The number of rotatable bonds is 0. The van der Waals surface area contributed by atoms with Gasteiger partial charge in [-0.1, -0.05) is 6.07 Å². The number of aliphatic hydroxyl groups is 1. The average Bonchev–Trinajstić information content (AvgIpc) is 2.13. The number of phenolic OH excluding ortho intramolecular Hbond substituents is 1. The minimum Gasteiger partial charge on any atom is -0.507 e. The molecule has 0 fully saturated rings. The molecular weight excluding hydrogens is 192 g/mol. The molecule has 1 aliphatic rings. The van der Waals surface area contributed by atoms with E-state index >= 15 is 0 Å². The van der Waals surface area contributed by atoms with Crippen LogP contribution in [0.2, 0.25) is 0 Å². The Morgan fingerprint density at radius 3 is 2.67 bits per heavy atom. The number of aliphatic hydroxyl groups excluding tert-OH is 1. The lowest BCUT2D eigenvalue weighted by atomic mass is 9.85. The van der Waals surface area contributed by atoms with Gasteiger partial charge in [-0.25, -0.2) is 0 Å². The van der Waals surface area contributed by atoms with Crippen LogP contribution in [0, 0.1) is 13.8 Å². The number of hydrogen-bond acceptors (Lipinski definition) is 3. The zero-order chi connectivity index (χ0) is 11.2. The molecule has 0 saturated carbocycles. The fraction of sp³-hybridized carbons (Fsp3) is 0.417. The highest BCUT2D eigenvalue weighted by Crippen LogP contribution is 2.33. The van der Waals surface area contributed by atoms with Crippen molar-refractivity contribution >= 4 is 5.78 Å². The number of fused-ring (bicyclic) bond motifs is 1. The third-order valence-corrected chi connectivity index (χ3v) is 3.05. The van der Waals surface area contributed by atoms with Crippen molar-refractivity contribution in [3.63, 3.8) is 0 Å². The summed E-state index contributed by atoms with van der Waals surface area (Å²) in [5.41, 5.74) is 2.87. The van der Waals surface area contributed by atoms with Gasteiger partial charge in [0.25, 0.3) is 0 Å². The highest BCUT2D eigenvalue weighted by atomic mass is 16.3. The Labute approximate surface area is 88.4 Å². The summed E-state index contributed by atoms with van der Waals surface area (Å²) in [6.45, 7) is 3.68. The van der Waals surface area contributed by atoms with Gasteiger partial charge in [0.15, 0.2) is 5.78 Å². The van der Waals surface area contributed by atoms with E-state index in [1.807, 2.05) is 13.0 Å². The number of carbonyl (C=O) groups is 1. The van der Waals surface area contributed by atoms with Crippen molar-refractivity contribution in [3.05, 3.63) is 28.3 Å². The van der Waals surface area contributed by atoms with Gasteiger partial charge in [-0.05, 0) is 37.0 Å². The van der Waals surface area contributed by atoms with E-state index in [0.29, 0.717) is 12.0 Å². The summed E-state index contributed by atoms with van der Waals surface area (Å²) in [5, 5.41) is 19.4. The summed E-state index contributed by atoms with van der Waals surface area (Å²) in [6, 6.07) is 1.88. The molecule has 2 N–H and O–H groups in total. The van der Waals surface area contributed by atoms with E-state index < -0.39 is 6.10 Å². The molecule has 3 nitrogen and oxygen atoms in total. The lowest BCUT2D eigenvalue weighted by Crippen LogP contribution is -2.24. The van der Waals surface area contributed by atoms with Crippen molar-refractivity contribution in [2.45, 2.75) is 32.8 Å². The van der Waals surface area contributed by atoms with Crippen LogP contribution in [0.1, 0.15) is 33.5 Å². The van der Waals surface area contributed by atoms with Crippen molar-refractivity contribution in [2.75, 3.05) is 0 Å². The molecule has 3 heteroatoms. The largest absolute Gasteiger partial charge is 0.507 e. The van der Waals surface area contributed by atoms with E-state index in [9.17, 15) is 15.0 Å². The van der Waals surface area contributed by atoms with E-state index in [1.165, 1.54) is 0 Å². The number of hydrogen-bond donors (Lipinski definition) is 2.